The minimum Gasteiger partial charge on any atom is -1.00 e. The normalized spacial score (nSPS) is 7.71. The topological polar surface area (TPSA) is 0 Å². The van der Waals surface area contributed by atoms with Crippen molar-refractivity contribution in [2.24, 2.45) is 0 Å². The number of hydrogen-bond acceptors (Lipinski definition) is 0. The summed E-state index contributed by atoms with van der Waals surface area (Å²) in [5.74, 6) is 0. The predicted octanol–water partition coefficient (Wildman–Crippen LogP) is -0.327. The Labute approximate surface area is 85.5 Å². The Morgan fingerprint density at radius 2 is 1.29 bits per heavy atom. The third kappa shape index (κ3) is 11.5. The van der Waals surface area contributed by atoms with Crippen LogP contribution in [0.1, 0.15) is 14.3 Å². The summed E-state index contributed by atoms with van der Waals surface area (Å²) in [7, 11) is 0. The molecule has 0 radical (unpaired) electrons. The van der Waals surface area contributed by atoms with Gasteiger partial charge in [0, 0.05) is 10.7 Å². The molecule has 0 amide bonds. The molecular formula is C4H9Br2Na. The Bertz CT molecular complexity index is 26.0. The van der Waals surface area contributed by atoms with Gasteiger partial charge in [-0.25, -0.2) is 0 Å². The van der Waals surface area contributed by atoms with Crippen molar-refractivity contribution in [1.29, 1.82) is 0 Å². The summed E-state index contributed by atoms with van der Waals surface area (Å²) in [6, 6.07) is 0. The van der Waals surface area contributed by atoms with Crippen LogP contribution in [0, 0.1) is 0 Å². The SMILES string of the molecule is BrCCCCBr.[H-].[Na+]. The van der Waals surface area contributed by atoms with Crippen LogP contribution in [-0.4, -0.2) is 10.7 Å². The van der Waals surface area contributed by atoms with Crippen LogP contribution in [0.4, 0.5) is 0 Å². The van der Waals surface area contributed by atoms with Gasteiger partial charge in [-0.15, -0.1) is 0 Å². The van der Waals surface area contributed by atoms with E-state index in [1.807, 2.05) is 0 Å². The van der Waals surface area contributed by atoms with Crippen molar-refractivity contribution in [3.8, 4) is 0 Å². The summed E-state index contributed by atoms with van der Waals surface area (Å²) in [6.07, 6.45) is 2.57. The minimum atomic E-state index is 0. The number of alkyl halides is 2. The van der Waals surface area contributed by atoms with Crippen LogP contribution in [0.15, 0.2) is 0 Å². The Morgan fingerprint density at radius 3 is 1.43 bits per heavy atom. The molecule has 40 valence electrons. The zero-order valence-electron chi connectivity index (χ0n) is 5.58. The number of rotatable bonds is 3. The van der Waals surface area contributed by atoms with E-state index in [1.165, 1.54) is 12.8 Å². The van der Waals surface area contributed by atoms with Crippen molar-refractivity contribution in [2.45, 2.75) is 12.8 Å². The predicted molar refractivity (Wildman–Crippen MR) is 37.9 cm³/mol. The van der Waals surface area contributed by atoms with Crippen molar-refractivity contribution in [3.05, 3.63) is 0 Å². The zero-order valence-corrected chi connectivity index (χ0v) is 9.76. The maximum absolute atomic E-state index is 3.33. The van der Waals surface area contributed by atoms with E-state index in [4.69, 9.17) is 0 Å². The monoisotopic (exact) mass is 238 g/mol. The van der Waals surface area contributed by atoms with Gasteiger partial charge in [0.15, 0.2) is 0 Å². The van der Waals surface area contributed by atoms with Crippen LogP contribution in [0.2, 0.25) is 0 Å². The number of halogens is 2. The second-order valence-corrected chi connectivity index (χ2v) is 2.67. The molecule has 0 N–H and O–H groups in total. The molecule has 0 aromatic rings. The van der Waals surface area contributed by atoms with Gasteiger partial charge in [0.05, 0.1) is 0 Å². The van der Waals surface area contributed by atoms with Crippen LogP contribution in [0.3, 0.4) is 0 Å². The van der Waals surface area contributed by atoms with E-state index in [9.17, 15) is 0 Å². The Morgan fingerprint density at radius 1 is 1.00 bits per heavy atom. The summed E-state index contributed by atoms with van der Waals surface area (Å²) >= 11 is 6.66. The molecule has 0 bridgehead atoms. The molecule has 0 saturated heterocycles. The minimum absolute atomic E-state index is 0. The van der Waals surface area contributed by atoms with Crippen molar-refractivity contribution in [2.75, 3.05) is 10.7 Å². The van der Waals surface area contributed by atoms with Crippen molar-refractivity contribution in [1.82, 2.24) is 0 Å². The van der Waals surface area contributed by atoms with Crippen LogP contribution in [0.25, 0.3) is 0 Å². The van der Waals surface area contributed by atoms with E-state index in [2.05, 4.69) is 31.9 Å². The molecule has 0 nitrogen and oxygen atoms in total. The standard InChI is InChI=1S/C4H8Br2.Na.H/c5-3-1-2-4-6;;/h1-4H2;;/q;+1;-1. The molecule has 0 rings (SSSR count). The van der Waals surface area contributed by atoms with Crippen LogP contribution in [-0.2, 0) is 0 Å². The van der Waals surface area contributed by atoms with Crippen molar-refractivity contribution < 1.29 is 31.0 Å². The van der Waals surface area contributed by atoms with Gasteiger partial charge in [0.25, 0.3) is 0 Å². The maximum atomic E-state index is 3.33. The van der Waals surface area contributed by atoms with Gasteiger partial charge >= 0.3 is 29.6 Å². The van der Waals surface area contributed by atoms with Crippen molar-refractivity contribution >= 4 is 31.9 Å². The summed E-state index contributed by atoms with van der Waals surface area (Å²) in [4.78, 5) is 0. The van der Waals surface area contributed by atoms with E-state index >= 15 is 0 Å². The van der Waals surface area contributed by atoms with Crippen LogP contribution < -0.4 is 29.6 Å². The fourth-order valence-corrected chi connectivity index (χ4v) is 0.982. The Hall–Kier alpha value is 1.96. The average Bonchev–Trinajstić information content (AvgIpc) is 1.61. The summed E-state index contributed by atoms with van der Waals surface area (Å²) in [5.41, 5.74) is 0. The second kappa shape index (κ2) is 10.9. The first-order chi connectivity index (χ1) is 2.91. The van der Waals surface area contributed by atoms with E-state index in [0.29, 0.717) is 0 Å². The van der Waals surface area contributed by atoms with E-state index in [1.54, 1.807) is 0 Å². The van der Waals surface area contributed by atoms with Crippen molar-refractivity contribution in [3.63, 3.8) is 0 Å². The van der Waals surface area contributed by atoms with Gasteiger partial charge < -0.3 is 1.43 Å². The molecule has 3 heteroatoms. The second-order valence-electron chi connectivity index (χ2n) is 1.09. The molecule has 0 aromatic heterocycles. The van der Waals surface area contributed by atoms with Gasteiger partial charge in [-0.05, 0) is 12.8 Å². The summed E-state index contributed by atoms with van der Waals surface area (Å²) in [6.45, 7) is 0. The first-order valence-corrected chi connectivity index (χ1v) is 4.28. The Kier molecular flexibility index (Phi) is 18.2. The summed E-state index contributed by atoms with van der Waals surface area (Å²) < 4.78 is 0. The first-order valence-electron chi connectivity index (χ1n) is 2.03. The molecule has 0 aliphatic carbocycles. The number of unbranched alkanes of at least 4 members (excludes halogenated alkanes) is 1. The smallest absolute Gasteiger partial charge is 1.00 e. The fraction of sp³-hybridized carbons (Fsp3) is 1.00. The van der Waals surface area contributed by atoms with Gasteiger partial charge in [-0.1, -0.05) is 31.9 Å². The van der Waals surface area contributed by atoms with Gasteiger partial charge in [-0.3, -0.25) is 0 Å². The molecule has 0 atom stereocenters. The number of hydrogen-bond donors (Lipinski definition) is 0. The fourth-order valence-electron chi connectivity index (χ4n) is 0.189. The molecule has 0 aliphatic heterocycles. The maximum Gasteiger partial charge on any atom is 1.00 e. The molecular weight excluding hydrogens is 231 g/mol. The van der Waals surface area contributed by atoms with Gasteiger partial charge in [0.1, 0.15) is 0 Å². The Balaban J connectivity index is -0.000000125. The largest absolute Gasteiger partial charge is 1.00 e. The molecule has 0 heterocycles. The molecule has 0 aromatic carbocycles. The molecule has 0 spiro atoms. The third-order valence-corrected chi connectivity index (χ3v) is 1.64. The van der Waals surface area contributed by atoms with E-state index in [0.717, 1.165) is 10.7 Å². The van der Waals surface area contributed by atoms with Gasteiger partial charge in [-0.2, -0.15) is 0 Å². The summed E-state index contributed by atoms with van der Waals surface area (Å²) in [5, 5.41) is 2.28. The first kappa shape index (κ1) is 11.7. The van der Waals surface area contributed by atoms with Gasteiger partial charge in [0.2, 0.25) is 0 Å². The molecule has 0 unspecified atom stereocenters. The van der Waals surface area contributed by atoms with Crippen LogP contribution in [0.5, 0.6) is 0 Å². The van der Waals surface area contributed by atoms with Crippen LogP contribution >= 0.6 is 31.9 Å². The van der Waals surface area contributed by atoms with E-state index in [-0.39, 0.29) is 31.0 Å². The molecule has 0 aliphatic rings. The molecule has 0 saturated carbocycles. The van der Waals surface area contributed by atoms with E-state index < -0.39 is 0 Å². The quantitative estimate of drug-likeness (QED) is 0.360. The zero-order chi connectivity index (χ0) is 4.83. The molecule has 7 heavy (non-hydrogen) atoms. The average molecular weight is 240 g/mol. The third-order valence-electron chi connectivity index (χ3n) is 0.517. The molecule has 0 fully saturated rings.